The summed E-state index contributed by atoms with van der Waals surface area (Å²) in [5, 5.41) is 29.3. The zero-order valence-electron chi connectivity index (χ0n) is 51.0. The average molecular weight is 1270 g/mol. The molecule has 494 valence electrons. The maximum Gasteiger partial charge on any atom is 0.351 e. The second-order valence-electron chi connectivity index (χ2n) is 22.6. The van der Waals surface area contributed by atoms with E-state index in [1.54, 1.807) is 72.9 Å². The smallest absolute Gasteiger partial charge is 0.351 e. The number of alkyl halides is 7. The summed E-state index contributed by atoms with van der Waals surface area (Å²) in [7, 11) is 1.55. The molecule has 0 spiro atoms. The predicted molar refractivity (Wildman–Crippen MR) is 310 cm³/mol. The van der Waals surface area contributed by atoms with Gasteiger partial charge in [-0.1, -0.05) is 53.7 Å². The fraction of sp³-hybridized carbons (Fsp3) is 0.621. The van der Waals surface area contributed by atoms with Crippen molar-refractivity contribution in [1.82, 2.24) is 37.8 Å². The van der Waals surface area contributed by atoms with Gasteiger partial charge in [-0.25, -0.2) is 49.9 Å². The quantitative estimate of drug-likeness (QED) is 0.0779. The van der Waals surface area contributed by atoms with Gasteiger partial charge in [0.25, 0.3) is 11.1 Å². The molecule has 4 saturated heterocycles. The van der Waals surface area contributed by atoms with Gasteiger partial charge in [0.05, 0.1) is 26.4 Å². The van der Waals surface area contributed by atoms with Gasteiger partial charge in [0.2, 0.25) is 0 Å². The summed E-state index contributed by atoms with van der Waals surface area (Å²) < 4.78 is 132. The first-order valence-corrected chi connectivity index (χ1v) is 28.9. The number of benzene rings is 1. The number of nitrogens with one attached hydrogen (secondary N) is 1. The number of rotatable bonds is 15. The minimum absolute atomic E-state index is 0.0387. The maximum atomic E-state index is 15.1. The molecular weight excluding hydrogens is 1190 g/mol. The molecule has 0 saturated carbocycles. The Hall–Kier alpha value is -7.03. The van der Waals surface area contributed by atoms with Crippen molar-refractivity contribution < 1.29 is 69.7 Å². The van der Waals surface area contributed by atoms with Gasteiger partial charge in [0.1, 0.15) is 58.8 Å². The van der Waals surface area contributed by atoms with E-state index in [4.69, 9.17) is 35.2 Å². The Morgan fingerprint density at radius 1 is 0.596 bits per heavy atom. The van der Waals surface area contributed by atoms with Crippen molar-refractivity contribution in [3.63, 3.8) is 0 Å². The second-order valence-corrected chi connectivity index (χ2v) is 22.6. The van der Waals surface area contributed by atoms with Crippen LogP contribution in [0.25, 0.3) is 0 Å². The van der Waals surface area contributed by atoms with E-state index in [9.17, 15) is 70.4 Å². The molecule has 0 amide bonds. The third-order valence-electron chi connectivity index (χ3n) is 17.9. The van der Waals surface area contributed by atoms with Gasteiger partial charge in [-0.2, -0.15) is 9.97 Å². The van der Waals surface area contributed by atoms with Crippen LogP contribution in [0.5, 0.6) is 5.75 Å². The van der Waals surface area contributed by atoms with Crippen LogP contribution in [-0.2, 0) is 25.5 Å². The topological polar surface area (TPSA) is 328 Å². The van der Waals surface area contributed by atoms with E-state index in [1.165, 1.54) is 50.6 Å². The van der Waals surface area contributed by atoms with Gasteiger partial charge in [0.15, 0.2) is 55.2 Å². The van der Waals surface area contributed by atoms with Gasteiger partial charge in [-0.05, 0) is 76.8 Å². The molecule has 31 heteroatoms. The summed E-state index contributed by atoms with van der Waals surface area (Å²) in [5.74, 6) is -1.33. The number of nitrogen functional groups attached to an aromatic ring is 2. The molecule has 24 nitrogen and oxygen atoms in total. The first kappa shape index (κ1) is 71.1. The Morgan fingerprint density at radius 2 is 0.989 bits per heavy atom. The summed E-state index contributed by atoms with van der Waals surface area (Å²) in [6.07, 6.45) is -13.3. The highest BCUT2D eigenvalue weighted by atomic mass is 19.2. The Bertz CT molecular complexity index is 3480. The summed E-state index contributed by atoms with van der Waals surface area (Å²) in [5.41, 5.74) is 1.63. The normalized spacial score (nSPS) is 32.7. The van der Waals surface area contributed by atoms with Crippen LogP contribution < -0.4 is 50.1 Å². The molecule has 20 atom stereocenters. The number of nitrogens with zero attached hydrogens (tertiary/aromatic N) is 7. The highest BCUT2D eigenvalue weighted by Crippen LogP contribution is 2.50. The summed E-state index contributed by atoms with van der Waals surface area (Å²) >= 11 is 0. The van der Waals surface area contributed by atoms with E-state index >= 15 is 4.39 Å². The minimum atomic E-state index is -2.12. The number of aromatic nitrogens is 8. The van der Waals surface area contributed by atoms with Gasteiger partial charge in [0, 0.05) is 54.7 Å². The standard InChI is InChI=1S/C21H27FN2O5.C13H19F2N3O2.C13H18F2N2O3.C11H15F2N3O4/c1-5-21(14(3)25)13(2)18(22)19(29-21)23-11-10-17(26)24(20(23)27)12-15-6-8-16(28-4)9-7-15;1-4-13(8(3)14)7(2)10(15)11(20-13)18-6-5-9(16)17-12(18)19;1-4-13(8(3)14)7(2)10(15)11(20-13)17-6-5-9(18)16-12(17)19;1-5(12)11(4-17)8(18)7(13)9(20-11)16-3-2-6(14)15-10(16)19/h6-11,13-14,18-19,25H,5,12H2,1-4H3;5-8,10-11H,4H2,1-3H3,(H2,16,17,19);5-8,10-11H,4H2,1-3H3,(H,16,18,19);2-3,5,7-9,17-18H,4H2,1H3,(H2,14,15,19)/t13-,14-,18+,19+,21+;2*7-,8+,10+,11+,13+;5-,7-,8+,9-,11+/m0001/s1. The van der Waals surface area contributed by atoms with E-state index in [2.05, 4.69) is 9.97 Å². The highest BCUT2D eigenvalue weighted by Gasteiger charge is 2.61. The minimum Gasteiger partial charge on any atom is -0.497 e. The zero-order valence-corrected chi connectivity index (χ0v) is 51.0. The number of hydrogen-bond acceptors (Lipinski definition) is 18. The third kappa shape index (κ3) is 13.6. The predicted octanol–water partition coefficient (Wildman–Crippen LogP) is 4.62. The molecule has 8 heterocycles. The van der Waals surface area contributed by atoms with Crippen molar-refractivity contribution in [2.24, 2.45) is 17.8 Å². The highest BCUT2D eigenvalue weighted by molar-refractivity contribution is 5.28. The van der Waals surface area contributed by atoms with E-state index in [-0.39, 0.29) is 18.2 Å². The van der Waals surface area contributed by atoms with E-state index in [0.717, 1.165) is 47.6 Å². The van der Waals surface area contributed by atoms with E-state index in [0.29, 0.717) is 25.0 Å². The molecule has 4 fully saturated rings. The van der Waals surface area contributed by atoms with Crippen LogP contribution in [0.3, 0.4) is 0 Å². The Kier molecular flexibility index (Phi) is 22.7. The monoisotopic (exact) mass is 1270 g/mol. The lowest BCUT2D eigenvalue weighted by molar-refractivity contribution is -0.161. The largest absolute Gasteiger partial charge is 0.497 e. The summed E-state index contributed by atoms with van der Waals surface area (Å²) in [4.78, 5) is 80.5. The van der Waals surface area contributed by atoms with Crippen LogP contribution in [0.15, 0.2) is 102 Å². The molecule has 89 heavy (non-hydrogen) atoms. The number of methoxy groups -OCH3 is 1. The number of nitrogens with two attached hydrogens (primary N) is 2. The molecule has 0 radical (unpaired) electrons. The molecule has 0 bridgehead atoms. The molecule has 4 aliphatic heterocycles. The molecule has 0 unspecified atom stereocenters. The molecule has 5 aromatic rings. The summed E-state index contributed by atoms with van der Waals surface area (Å²) in [6.45, 7) is 14.5. The lowest BCUT2D eigenvalue weighted by Gasteiger charge is -2.34. The lowest BCUT2D eigenvalue weighted by atomic mass is 9.81. The first-order valence-electron chi connectivity index (χ1n) is 28.9. The maximum absolute atomic E-state index is 15.1. The number of aliphatic hydroxyl groups excluding tert-OH is 3. The van der Waals surface area contributed by atoms with Crippen LogP contribution in [0, 0.1) is 17.8 Å². The van der Waals surface area contributed by atoms with Gasteiger partial charge in [-0.15, -0.1) is 0 Å². The molecule has 4 aromatic heterocycles. The molecule has 1 aromatic carbocycles. The molecule has 9 rings (SSSR count). The van der Waals surface area contributed by atoms with Crippen LogP contribution in [0.1, 0.15) is 119 Å². The molecule has 8 N–H and O–H groups in total. The first-order chi connectivity index (χ1) is 41.7. The van der Waals surface area contributed by atoms with Crippen LogP contribution in [-0.4, -0.2) is 145 Å². The fourth-order valence-electron chi connectivity index (χ4n) is 12.1. The second kappa shape index (κ2) is 28.4. The number of H-pyrrole nitrogens is 1. The molecular formula is C58H79F7N10O14. The van der Waals surface area contributed by atoms with Gasteiger partial charge < -0.3 is 50.5 Å². The number of hydrogen-bond donors (Lipinski definition) is 6. The van der Waals surface area contributed by atoms with Crippen molar-refractivity contribution in [2.75, 3.05) is 25.2 Å². The SMILES string of the molecule is CC[C@@]1([C@@H](C)F)O[C@@H](n2ccc(=O)[nH]c2=O)[C@H](F)[C@@H]1C.CC[C@@]1([C@@H](C)F)O[C@@H](n2ccc(N)nc2=O)[C@H](F)[C@@H]1C.CC[C@@]1([C@H](C)O)O[C@@H](n2ccc(=O)n(Cc3ccc(OC)cc3)c2=O)[C@H](F)[C@@H]1C.C[C@@H](F)[C@]1(CO)O[C@@H](n2ccc(N)nc2=O)[C@H](F)[C@@H]1O. The summed E-state index contributed by atoms with van der Waals surface area (Å²) in [6, 6.07) is 11.9. The van der Waals surface area contributed by atoms with Crippen LogP contribution in [0.4, 0.5) is 42.4 Å². The Balaban J connectivity index is 0.000000192. The lowest BCUT2D eigenvalue weighted by Crippen LogP contribution is -2.52. The number of aromatic amines is 1. The van der Waals surface area contributed by atoms with Crippen molar-refractivity contribution in [3.05, 3.63) is 142 Å². The number of aliphatic hydroxyl groups is 3. The van der Waals surface area contributed by atoms with Crippen molar-refractivity contribution in [1.29, 1.82) is 0 Å². The average Bonchev–Trinajstić information content (AvgIpc) is 2.90. The zero-order chi connectivity index (χ0) is 66.6. The van der Waals surface area contributed by atoms with Gasteiger partial charge >= 0.3 is 22.8 Å². The van der Waals surface area contributed by atoms with Crippen molar-refractivity contribution in [3.8, 4) is 5.75 Å². The number of anilines is 2. The van der Waals surface area contributed by atoms with Crippen LogP contribution >= 0.6 is 0 Å². The molecule has 0 aliphatic carbocycles. The number of halogens is 7. The van der Waals surface area contributed by atoms with Crippen molar-refractivity contribution >= 4 is 11.6 Å². The fourth-order valence-corrected chi connectivity index (χ4v) is 12.1. The van der Waals surface area contributed by atoms with Gasteiger partial charge in [-0.3, -0.25) is 37.4 Å². The third-order valence-corrected chi connectivity index (χ3v) is 17.9. The van der Waals surface area contributed by atoms with Crippen molar-refractivity contribution in [2.45, 2.75) is 198 Å². The Labute approximate surface area is 505 Å². The number of ether oxygens (including phenoxy) is 5. The van der Waals surface area contributed by atoms with E-state index < -0.39 is 161 Å². The molecule has 4 aliphatic rings. The van der Waals surface area contributed by atoms with E-state index in [1.807, 2.05) is 11.9 Å². The van der Waals surface area contributed by atoms with Crippen LogP contribution in [0.2, 0.25) is 0 Å². The Morgan fingerprint density at radius 3 is 1.36 bits per heavy atom.